The number of hydrogen-bond acceptors (Lipinski definition) is 7. The Morgan fingerprint density at radius 3 is 2.56 bits per heavy atom. The van der Waals surface area contributed by atoms with Gasteiger partial charge in [-0.3, -0.25) is 24.0 Å². The molecule has 14 heteroatoms. The number of ether oxygens (including phenoxy) is 2. The van der Waals surface area contributed by atoms with Gasteiger partial charge < -0.3 is 24.8 Å². The van der Waals surface area contributed by atoms with Gasteiger partial charge in [0.25, 0.3) is 5.91 Å². The maximum Gasteiger partial charge on any atom is 0.305 e. The van der Waals surface area contributed by atoms with Gasteiger partial charge in [-0.2, -0.15) is 4.39 Å². The third-order valence-electron chi connectivity index (χ3n) is 6.21. The smallest absolute Gasteiger partial charge is 0.305 e. The van der Waals surface area contributed by atoms with Gasteiger partial charge in [-0.25, -0.2) is 8.78 Å². The van der Waals surface area contributed by atoms with E-state index in [1.54, 1.807) is 24.3 Å². The van der Waals surface area contributed by atoms with Crippen molar-refractivity contribution >= 4 is 41.0 Å². The van der Waals surface area contributed by atoms with Gasteiger partial charge in [0.2, 0.25) is 17.5 Å². The molecule has 0 saturated carbocycles. The SMILES string of the molecule is Cc1cc(F)c(F)c(OCC(=O)[C@H](CC(=O)O)NC(=O)[C@@H]2COCCN(C(=O)C(=O)Cc3ccccc3Cl)C2)c1F. The topological polar surface area (TPSA) is 139 Å². The van der Waals surface area contributed by atoms with E-state index in [1.165, 1.54) is 0 Å². The summed E-state index contributed by atoms with van der Waals surface area (Å²) in [6, 6.07) is 5.39. The van der Waals surface area contributed by atoms with E-state index >= 15 is 0 Å². The first kappa shape index (κ1) is 31.6. The normalized spacial score (nSPS) is 15.9. The zero-order valence-corrected chi connectivity index (χ0v) is 22.5. The zero-order chi connectivity index (χ0) is 30.3. The van der Waals surface area contributed by atoms with Crippen molar-refractivity contribution in [3.05, 3.63) is 63.9 Å². The summed E-state index contributed by atoms with van der Waals surface area (Å²) < 4.78 is 52.1. The van der Waals surface area contributed by atoms with Crippen LogP contribution >= 0.6 is 11.6 Å². The second-order valence-electron chi connectivity index (χ2n) is 9.26. The number of amides is 2. The highest BCUT2D eigenvalue weighted by Crippen LogP contribution is 2.27. The molecule has 0 spiro atoms. The van der Waals surface area contributed by atoms with Crippen molar-refractivity contribution in [1.82, 2.24) is 10.2 Å². The van der Waals surface area contributed by atoms with Crippen molar-refractivity contribution in [3.63, 3.8) is 0 Å². The number of nitrogens with one attached hydrogen (secondary N) is 1. The lowest BCUT2D eigenvalue weighted by atomic mass is 10.0. The fourth-order valence-electron chi connectivity index (χ4n) is 4.00. The summed E-state index contributed by atoms with van der Waals surface area (Å²) in [5, 5.41) is 11.8. The van der Waals surface area contributed by atoms with Crippen molar-refractivity contribution in [2.45, 2.75) is 25.8 Å². The number of hydrogen-bond donors (Lipinski definition) is 2. The number of aliphatic carboxylic acids is 1. The molecule has 2 aromatic rings. The molecule has 0 aromatic heterocycles. The van der Waals surface area contributed by atoms with Crippen LogP contribution < -0.4 is 10.1 Å². The van der Waals surface area contributed by atoms with E-state index in [4.69, 9.17) is 21.1 Å². The standard InChI is InChI=1S/C27H26ClF3N2O8/c1-14-8-18(29)24(31)25(23(14)30)41-13-21(35)19(10-22(36)37)32-26(38)16-11-33(6-7-40-12-16)27(39)20(34)9-15-4-2-3-5-17(15)28/h2-5,8,16,19H,6-7,9-13H2,1H3,(H,32,38)(H,36,37)/t16-,19-/m0/s1. The number of aryl methyl sites for hydroxylation is 1. The molecule has 220 valence electrons. The predicted molar refractivity (Wildman–Crippen MR) is 137 cm³/mol. The molecule has 0 bridgehead atoms. The summed E-state index contributed by atoms with van der Waals surface area (Å²) in [5.41, 5.74) is 0.151. The molecule has 2 amide bonds. The first-order chi connectivity index (χ1) is 19.4. The Balaban J connectivity index is 1.67. The van der Waals surface area contributed by atoms with E-state index in [2.05, 4.69) is 5.32 Å². The van der Waals surface area contributed by atoms with Crippen LogP contribution in [-0.2, 0) is 35.1 Å². The average molecular weight is 599 g/mol. The number of nitrogens with zero attached hydrogens (tertiary/aromatic N) is 1. The fraction of sp³-hybridized carbons (Fsp3) is 0.370. The van der Waals surface area contributed by atoms with Crippen LogP contribution in [-0.4, -0.2) is 78.3 Å². The summed E-state index contributed by atoms with van der Waals surface area (Å²) in [7, 11) is 0. The van der Waals surface area contributed by atoms with Crippen molar-refractivity contribution < 1.29 is 51.7 Å². The van der Waals surface area contributed by atoms with Gasteiger partial charge in [0.15, 0.2) is 23.2 Å². The Kier molecular flexibility index (Phi) is 10.8. The van der Waals surface area contributed by atoms with Crippen LogP contribution in [0.25, 0.3) is 0 Å². The highest BCUT2D eigenvalue weighted by atomic mass is 35.5. The lowest BCUT2D eigenvalue weighted by molar-refractivity contribution is -0.145. The third kappa shape index (κ3) is 8.27. The summed E-state index contributed by atoms with van der Waals surface area (Å²) in [6.07, 6.45) is -1.18. The lowest BCUT2D eigenvalue weighted by Gasteiger charge is -2.24. The maximum absolute atomic E-state index is 14.2. The number of benzene rings is 2. The van der Waals surface area contributed by atoms with E-state index in [-0.39, 0.29) is 38.3 Å². The highest BCUT2D eigenvalue weighted by molar-refractivity contribution is 6.37. The summed E-state index contributed by atoms with van der Waals surface area (Å²) in [6.45, 7) is -0.429. The van der Waals surface area contributed by atoms with Gasteiger partial charge in [-0.05, 0) is 30.2 Å². The Labute approximate surface area is 237 Å². The molecule has 0 aliphatic carbocycles. The molecule has 2 atom stereocenters. The molecule has 1 aliphatic rings. The molecule has 10 nitrogen and oxygen atoms in total. The van der Waals surface area contributed by atoms with E-state index in [0.717, 1.165) is 11.8 Å². The third-order valence-corrected chi connectivity index (χ3v) is 6.58. The largest absolute Gasteiger partial charge is 0.481 e. The molecule has 1 fully saturated rings. The van der Waals surface area contributed by atoms with Crippen LogP contribution in [0.2, 0.25) is 5.02 Å². The number of rotatable bonds is 11. The molecule has 3 rings (SSSR count). The number of carboxylic acids is 1. The minimum atomic E-state index is -1.70. The van der Waals surface area contributed by atoms with Crippen molar-refractivity contribution in [1.29, 1.82) is 0 Å². The van der Waals surface area contributed by atoms with Crippen LogP contribution in [0.1, 0.15) is 17.5 Å². The molecular weight excluding hydrogens is 573 g/mol. The fourth-order valence-corrected chi connectivity index (χ4v) is 4.20. The summed E-state index contributed by atoms with van der Waals surface area (Å²) >= 11 is 6.06. The minimum Gasteiger partial charge on any atom is -0.481 e. The number of Topliss-reactive ketones (excluding diaryl/α,β-unsaturated/α-hetero) is 2. The zero-order valence-electron chi connectivity index (χ0n) is 21.8. The first-order valence-corrected chi connectivity index (χ1v) is 12.7. The monoisotopic (exact) mass is 598 g/mol. The number of carbonyl (C=O) groups excluding carboxylic acids is 4. The average Bonchev–Trinajstić information content (AvgIpc) is 3.18. The van der Waals surface area contributed by atoms with Gasteiger partial charge in [0.05, 0.1) is 25.6 Å². The Bertz CT molecular complexity index is 1330. The Morgan fingerprint density at radius 1 is 1.17 bits per heavy atom. The molecule has 41 heavy (non-hydrogen) atoms. The van der Waals surface area contributed by atoms with E-state index in [9.17, 15) is 42.3 Å². The molecule has 1 saturated heterocycles. The quantitative estimate of drug-likeness (QED) is 0.297. The molecule has 0 unspecified atom stereocenters. The van der Waals surface area contributed by atoms with Gasteiger partial charge in [0.1, 0.15) is 12.6 Å². The van der Waals surface area contributed by atoms with Crippen molar-refractivity contribution in [2.24, 2.45) is 5.92 Å². The van der Waals surface area contributed by atoms with E-state index in [0.29, 0.717) is 16.7 Å². The Morgan fingerprint density at radius 2 is 1.88 bits per heavy atom. The van der Waals surface area contributed by atoms with Crippen LogP contribution in [0, 0.1) is 30.3 Å². The predicted octanol–water partition coefficient (Wildman–Crippen LogP) is 2.26. The molecule has 0 radical (unpaired) electrons. The van der Waals surface area contributed by atoms with Gasteiger partial charge in [-0.1, -0.05) is 29.8 Å². The second kappa shape index (κ2) is 14.1. The summed E-state index contributed by atoms with van der Waals surface area (Å²) in [4.78, 5) is 63.6. The lowest BCUT2D eigenvalue weighted by Crippen LogP contribution is -2.50. The van der Waals surface area contributed by atoms with Crippen molar-refractivity contribution in [2.75, 3.05) is 32.9 Å². The number of ketones is 2. The highest BCUT2D eigenvalue weighted by Gasteiger charge is 2.33. The first-order valence-electron chi connectivity index (χ1n) is 12.3. The van der Waals surface area contributed by atoms with E-state index < -0.39 is 77.5 Å². The Hall–Kier alpha value is -3.97. The van der Waals surface area contributed by atoms with Crippen LogP contribution in [0.5, 0.6) is 5.75 Å². The molecular formula is C27H26ClF3N2O8. The second-order valence-corrected chi connectivity index (χ2v) is 9.67. The number of carboxylic acid groups (broad SMARTS) is 1. The minimum absolute atomic E-state index is 0.00436. The summed E-state index contributed by atoms with van der Waals surface area (Å²) in [5.74, 6) is -11.7. The van der Waals surface area contributed by atoms with Gasteiger partial charge in [-0.15, -0.1) is 0 Å². The molecule has 1 heterocycles. The molecule has 2 aromatic carbocycles. The number of carbonyl (C=O) groups is 5. The van der Waals surface area contributed by atoms with Crippen molar-refractivity contribution in [3.8, 4) is 5.75 Å². The van der Waals surface area contributed by atoms with Crippen LogP contribution in [0.4, 0.5) is 13.2 Å². The molecule has 1 aliphatic heterocycles. The maximum atomic E-state index is 14.2. The molecule has 2 N–H and O–H groups in total. The van der Waals surface area contributed by atoms with E-state index in [1.807, 2.05) is 0 Å². The van der Waals surface area contributed by atoms with Crippen LogP contribution in [0.15, 0.2) is 30.3 Å². The van der Waals surface area contributed by atoms with Crippen LogP contribution in [0.3, 0.4) is 0 Å². The van der Waals surface area contributed by atoms with Gasteiger partial charge >= 0.3 is 5.97 Å². The van der Waals surface area contributed by atoms with Gasteiger partial charge in [0, 0.05) is 24.5 Å². The number of halogens is 4.